The van der Waals surface area contributed by atoms with Crippen LogP contribution in [0.4, 0.5) is 4.79 Å². The van der Waals surface area contributed by atoms with Crippen LogP contribution in [-0.4, -0.2) is 101 Å². The number of ether oxygens (including phenoxy) is 3. The van der Waals surface area contributed by atoms with Crippen molar-refractivity contribution in [3.63, 3.8) is 0 Å². The van der Waals surface area contributed by atoms with Gasteiger partial charge >= 0.3 is 13.9 Å². The van der Waals surface area contributed by atoms with Crippen LogP contribution < -0.4 is 10.6 Å². The minimum absolute atomic E-state index is 0.204. The third kappa shape index (κ3) is 15.0. The van der Waals surface area contributed by atoms with Crippen LogP contribution in [0.2, 0.25) is 0 Å². The van der Waals surface area contributed by atoms with Crippen molar-refractivity contribution < 1.29 is 57.6 Å². The first-order chi connectivity index (χ1) is 18.3. The first kappa shape index (κ1) is 36.7. The van der Waals surface area contributed by atoms with Gasteiger partial charge in [0, 0.05) is 20.1 Å². The van der Waals surface area contributed by atoms with E-state index in [-0.39, 0.29) is 18.6 Å². The molecule has 6 N–H and O–H groups in total. The third-order valence-electron chi connectivity index (χ3n) is 5.54. The predicted octanol–water partition coefficient (Wildman–Crippen LogP) is 1.58. The smallest absolute Gasteiger partial charge is 0.447 e. The van der Waals surface area contributed by atoms with E-state index in [1.54, 1.807) is 20.8 Å². The number of carbonyl (C=O) groups is 2. The molecule has 2 amide bonds. The molecule has 0 aromatic carbocycles. The number of nitrogens with one attached hydrogen (secondary N) is 2. The normalized spacial score (nSPS) is 26.0. The minimum Gasteiger partial charge on any atom is -0.447 e. The van der Waals surface area contributed by atoms with Crippen molar-refractivity contribution >= 4 is 19.8 Å². The molecule has 0 spiro atoms. The number of phosphoric acid groups is 1. The quantitative estimate of drug-likeness (QED) is 0.117. The molecule has 1 fully saturated rings. The Kier molecular flexibility index (Phi) is 15.0. The van der Waals surface area contributed by atoms with Crippen LogP contribution in [0.5, 0.6) is 0 Å². The molecule has 0 saturated carbocycles. The average Bonchev–Trinajstić information content (AvgIpc) is 2.78. The maximum absolute atomic E-state index is 12.4. The summed E-state index contributed by atoms with van der Waals surface area (Å²) in [6.07, 6.45) is -4.26. The van der Waals surface area contributed by atoms with Crippen molar-refractivity contribution in [2.45, 2.75) is 116 Å². The van der Waals surface area contributed by atoms with Crippen LogP contribution in [0.15, 0.2) is 0 Å². The highest BCUT2D eigenvalue weighted by Crippen LogP contribution is 2.49. The van der Waals surface area contributed by atoms with Crippen molar-refractivity contribution in [2.24, 2.45) is 5.41 Å². The molecule has 1 heterocycles. The average molecular weight is 601 g/mol. The van der Waals surface area contributed by atoms with Crippen LogP contribution in [0.3, 0.4) is 0 Å². The molecule has 1 saturated heterocycles. The van der Waals surface area contributed by atoms with Gasteiger partial charge in [-0.05, 0) is 51.9 Å². The number of phosphoric ester groups is 1. The van der Waals surface area contributed by atoms with Crippen LogP contribution in [-0.2, 0) is 32.6 Å². The van der Waals surface area contributed by atoms with Gasteiger partial charge in [-0.1, -0.05) is 20.8 Å². The molecule has 7 atom stereocenters. The van der Waals surface area contributed by atoms with Crippen molar-refractivity contribution in [3.05, 3.63) is 0 Å². The first-order valence-electron chi connectivity index (χ1n) is 13.5. The van der Waals surface area contributed by atoms with Gasteiger partial charge in [-0.25, -0.2) is 9.36 Å². The van der Waals surface area contributed by atoms with E-state index in [9.17, 15) is 34.4 Å². The van der Waals surface area contributed by atoms with Crippen molar-refractivity contribution in [3.8, 4) is 0 Å². The molecule has 0 bridgehead atoms. The van der Waals surface area contributed by atoms with E-state index >= 15 is 0 Å². The Labute approximate surface area is 236 Å². The maximum atomic E-state index is 12.4. The number of aliphatic hydroxyl groups is 3. The largest absolute Gasteiger partial charge is 0.473 e. The number of hydrogen-bond acceptors (Lipinski definition) is 11. The molecule has 14 nitrogen and oxygen atoms in total. The number of rotatable bonds is 15. The van der Waals surface area contributed by atoms with Gasteiger partial charge in [0.1, 0.15) is 37.1 Å². The summed E-state index contributed by atoms with van der Waals surface area (Å²) in [5.74, 6) is -0.436. The SMILES string of the molecule is CC(=O)N[C@H]1[C@H](OCCCCCNC(=O)OC[C@H](CC(C)(C)C)OP(=O)(O)OC(C)(C)C)O[C@H](CO)[C@H](O)[C@@H]1O. The van der Waals surface area contributed by atoms with Crippen LogP contribution in [0.25, 0.3) is 0 Å². The van der Waals surface area contributed by atoms with E-state index in [0.29, 0.717) is 32.2 Å². The highest BCUT2D eigenvalue weighted by molar-refractivity contribution is 7.47. The molecule has 1 aliphatic heterocycles. The molecule has 0 aliphatic carbocycles. The van der Waals surface area contributed by atoms with Gasteiger partial charge in [-0.2, -0.15) is 0 Å². The van der Waals surface area contributed by atoms with E-state index in [2.05, 4.69) is 10.6 Å². The lowest BCUT2D eigenvalue weighted by Gasteiger charge is -2.42. The predicted molar refractivity (Wildman–Crippen MR) is 144 cm³/mol. The van der Waals surface area contributed by atoms with E-state index in [4.69, 9.17) is 23.3 Å². The van der Waals surface area contributed by atoms with Gasteiger partial charge in [0.15, 0.2) is 6.29 Å². The molecule has 0 radical (unpaired) electrons. The maximum Gasteiger partial charge on any atom is 0.473 e. The Balaban J connectivity index is 2.42. The van der Waals surface area contributed by atoms with Crippen molar-refractivity contribution in [1.82, 2.24) is 10.6 Å². The van der Waals surface area contributed by atoms with E-state index in [1.807, 2.05) is 20.8 Å². The van der Waals surface area contributed by atoms with Gasteiger partial charge in [-0.15, -0.1) is 0 Å². The first-order valence-corrected chi connectivity index (χ1v) is 15.0. The summed E-state index contributed by atoms with van der Waals surface area (Å²) in [6.45, 7) is 11.7. The number of carbonyl (C=O) groups excluding carboxylic acids is 2. The standard InChI is InChI=1S/C25H49N2O12P/c1-16(29)27-19-21(31)20(30)18(14-28)37-22(19)35-12-10-8-9-11-26-23(32)36-15-17(13-24(2,3)4)38-40(33,34)39-25(5,6)7/h17-22,28,30-31H,8-15H2,1-7H3,(H,26,32)(H,27,29)(H,33,34)/t17-,18+,19+,20-,21+,22+/m0/s1. The number of aliphatic hydroxyl groups excluding tert-OH is 3. The van der Waals surface area contributed by atoms with E-state index in [0.717, 1.165) is 0 Å². The van der Waals surface area contributed by atoms with Crippen LogP contribution in [0.1, 0.15) is 74.1 Å². The van der Waals surface area contributed by atoms with E-state index < -0.39 is 68.8 Å². The van der Waals surface area contributed by atoms with Gasteiger partial charge in [0.05, 0.1) is 12.2 Å². The number of unbranched alkanes of at least 4 members (excludes halogenated alkanes) is 2. The lowest BCUT2D eigenvalue weighted by atomic mass is 9.89. The summed E-state index contributed by atoms with van der Waals surface area (Å²) in [7, 11) is -4.38. The van der Waals surface area contributed by atoms with Crippen molar-refractivity contribution in [1.29, 1.82) is 0 Å². The Morgan fingerprint density at radius 3 is 2.25 bits per heavy atom. The van der Waals surface area contributed by atoms with E-state index in [1.165, 1.54) is 6.92 Å². The highest BCUT2D eigenvalue weighted by Gasteiger charge is 2.45. The number of alkyl carbamates (subject to hydrolysis) is 1. The fourth-order valence-electron chi connectivity index (χ4n) is 3.99. The van der Waals surface area contributed by atoms with Crippen molar-refractivity contribution in [2.75, 3.05) is 26.4 Å². The van der Waals surface area contributed by atoms with Gasteiger partial charge < -0.3 is 45.1 Å². The van der Waals surface area contributed by atoms with Crippen LogP contribution >= 0.6 is 7.82 Å². The molecule has 15 heteroatoms. The molecule has 40 heavy (non-hydrogen) atoms. The molecule has 1 aliphatic rings. The molecular formula is C25H49N2O12P. The summed E-state index contributed by atoms with van der Waals surface area (Å²) in [6, 6.07) is -1.00. The lowest BCUT2D eigenvalue weighted by Crippen LogP contribution is -2.64. The summed E-state index contributed by atoms with van der Waals surface area (Å²) < 4.78 is 39.2. The molecule has 236 valence electrons. The molecule has 0 aromatic rings. The number of amides is 2. The second kappa shape index (κ2) is 16.3. The zero-order valence-electron chi connectivity index (χ0n) is 24.6. The fourth-order valence-corrected chi connectivity index (χ4v) is 5.24. The highest BCUT2D eigenvalue weighted by atomic mass is 31.2. The Hall–Kier alpha value is -1.35. The second-order valence-electron chi connectivity index (χ2n) is 12.1. The zero-order chi connectivity index (χ0) is 30.7. The minimum atomic E-state index is -4.38. The molecule has 1 rings (SSSR count). The molecule has 1 unspecified atom stereocenters. The monoisotopic (exact) mass is 600 g/mol. The number of hydrogen-bond donors (Lipinski definition) is 6. The Bertz CT molecular complexity index is 832. The molecule has 0 aromatic heterocycles. The Morgan fingerprint density at radius 1 is 1.05 bits per heavy atom. The van der Waals surface area contributed by atoms with Crippen LogP contribution in [0, 0.1) is 5.41 Å². The summed E-state index contributed by atoms with van der Waals surface area (Å²) >= 11 is 0. The van der Waals surface area contributed by atoms with Gasteiger partial charge in [-0.3, -0.25) is 13.8 Å². The van der Waals surface area contributed by atoms with Gasteiger partial charge in [0.25, 0.3) is 0 Å². The summed E-state index contributed by atoms with van der Waals surface area (Å²) in [4.78, 5) is 33.7. The zero-order valence-corrected chi connectivity index (χ0v) is 25.5. The topological polar surface area (TPSA) is 202 Å². The lowest BCUT2D eigenvalue weighted by molar-refractivity contribution is -0.270. The molecular weight excluding hydrogens is 551 g/mol. The fraction of sp³-hybridized carbons (Fsp3) is 0.920. The Morgan fingerprint density at radius 2 is 1.70 bits per heavy atom. The third-order valence-corrected chi connectivity index (χ3v) is 6.88. The second-order valence-corrected chi connectivity index (χ2v) is 13.4. The van der Waals surface area contributed by atoms with Gasteiger partial charge in [0.2, 0.25) is 5.91 Å². The summed E-state index contributed by atoms with van der Waals surface area (Å²) in [5, 5.41) is 34.8. The summed E-state index contributed by atoms with van der Waals surface area (Å²) in [5.41, 5.74) is -1.17.